The van der Waals surface area contributed by atoms with Crippen molar-refractivity contribution in [1.29, 1.82) is 0 Å². The van der Waals surface area contributed by atoms with Crippen molar-refractivity contribution in [3.63, 3.8) is 0 Å². The van der Waals surface area contributed by atoms with E-state index >= 15 is 0 Å². The topological polar surface area (TPSA) is 116 Å². The molecule has 1 aliphatic heterocycles. The van der Waals surface area contributed by atoms with Gasteiger partial charge >= 0.3 is 5.69 Å². The van der Waals surface area contributed by atoms with Crippen LogP contribution >= 0.6 is 11.6 Å². The molecule has 0 bridgehead atoms. The molecule has 2 aromatic rings. The largest absolute Gasteiger partial charge is 0.502 e. The fourth-order valence-corrected chi connectivity index (χ4v) is 5.56. The van der Waals surface area contributed by atoms with Gasteiger partial charge in [-0.25, -0.2) is 8.42 Å². The Kier molecular flexibility index (Phi) is 7.93. The monoisotopic (exact) mass is 494 g/mol. The molecule has 0 amide bonds. The van der Waals surface area contributed by atoms with Crippen LogP contribution in [0.25, 0.3) is 0 Å². The molecule has 2 aromatic carbocycles. The Balaban J connectivity index is 2.11. The maximum atomic E-state index is 13.1. The van der Waals surface area contributed by atoms with E-state index in [0.29, 0.717) is 18.8 Å². The van der Waals surface area contributed by atoms with Crippen LogP contribution in [0.5, 0.6) is 5.75 Å². The molecule has 0 aliphatic carbocycles. The number of sulfonamides is 1. The zero-order valence-corrected chi connectivity index (χ0v) is 20.1. The van der Waals surface area contributed by atoms with E-state index in [9.17, 15) is 23.6 Å². The molecule has 1 saturated heterocycles. The fraction of sp³-hybridized carbons (Fsp3) is 0.409. The maximum Gasteiger partial charge on any atom is 0.312 e. The minimum Gasteiger partial charge on any atom is -0.502 e. The molecule has 0 radical (unpaired) electrons. The first-order valence-corrected chi connectivity index (χ1v) is 12.6. The Morgan fingerprint density at radius 2 is 1.85 bits per heavy atom. The number of nitro benzene ring substituents is 1. The third kappa shape index (κ3) is 5.45. The van der Waals surface area contributed by atoms with Crippen LogP contribution in [0.3, 0.4) is 0 Å². The van der Waals surface area contributed by atoms with Crippen molar-refractivity contribution in [2.75, 3.05) is 31.1 Å². The van der Waals surface area contributed by atoms with Gasteiger partial charge in [0.05, 0.1) is 21.2 Å². The van der Waals surface area contributed by atoms with Gasteiger partial charge in [-0.15, -0.1) is 0 Å². The van der Waals surface area contributed by atoms with E-state index in [1.165, 1.54) is 22.7 Å². The summed E-state index contributed by atoms with van der Waals surface area (Å²) < 4.78 is 27.5. The lowest BCUT2D eigenvalue weighted by molar-refractivity contribution is -0.385. The molecule has 0 spiro atoms. The number of nitrogens with zero attached hydrogens (tertiary/aromatic N) is 4. The number of piperidine rings is 1. The number of hydrogen-bond acceptors (Lipinski definition) is 7. The standard InChI is InChI=1S/C22H27ClN4O5S/c1-3-26(4-2)33(31,32)18-8-9-20(25-10-6-5-7-11-25)19(14-18)24-15-16-12-17(23)13-21(22(16)28)27(29)30/h8-9,12-15,28H,3-7,10-11H2,1-2H3. The molecule has 0 saturated carbocycles. The van der Waals surface area contributed by atoms with Crippen molar-refractivity contribution in [3.8, 4) is 5.75 Å². The minimum atomic E-state index is -3.71. The Hall–Kier alpha value is -2.69. The summed E-state index contributed by atoms with van der Waals surface area (Å²) in [6.45, 7) is 5.86. The highest BCUT2D eigenvalue weighted by Gasteiger charge is 2.24. The number of phenols is 1. The van der Waals surface area contributed by atoms with Crippen LogP contribution in [-0.2, 0) is 10.0 Å². The first-order chi connectivity index (χ1) is 15.7. The van der Waals surface area contributed by atoms with E-state index in [4.69, 9.17) is 11.6 Å². The predicted octanol–water partition coefficient (Wildman–Crippen LogP) is 4.73. The lowest BCUT2D eigenvalue weighted by atomic mass is 10.1. The number of rotatable bonds is 8. The number of hydrogen-bond donors (Lipinski definition) is 1. The smallest absolute Gasteiger partial charge is 0.312 e. The Morgan fingerprint density at radius 1 is 1.18 bits per heavy atom. The zero-order valence-electron chi connectivity index (χ0n) is 18.6. The molecular weight excluding hydrogens is 468 g/mol. The van der Waals surface area contributed by atoms with Gasteiger partial charge in [0.2, 0.25) is 15.8 Å². The average molecular weight is 495 g/mol. The highest BCUT2D eigenvalue weighted by atomic mass is 35.5. The summed E-state index contributed by atoms with van der Waals surface area (Å²) in [5, 5.41) is 21.6. The molecule has 9 nitrogen and oxygen atoms in total. The molecule has 33 heavy (non-hydrogen) atoms. The quantitative estimate of drug-likeness (QED) is 0.322. The van der Waals surface area contributed by atoms with Gasteiger partial charge in [-0.3, -0.25) is 15.1 Å². The predicted molar refractivity (Wildman–Crippen MR) is 130 cm³/mol. The lowest BCUT2D eigenvalue weighted by Gasteiger charge is -2.30. The molecular formula is C22H27ClN4O5S. The van der Waals surface area contributed by atoms with Gasteiger partial charge in [0.15, 0.2) is 0 Å². The molecule has 3 rings (SSSR count). The SMILES string of the molecule is CCN(CC)S(=O)(=O)c1ccc(N2CCCCC2)c(N=Cc2cc(Cl)cc([N+](=O)[O-])c2O)c1. The lowest BCUT2D eigenvalue weighted by Crippen LogP contribution is -2.31. The molecule has 0 unspecified atom stereocenters. The highest BCUT2D eigenvalue weighted by Crippen LogP contribution is 2.36. The summed E-state index contributed by atoms with van der Waals surface area (Å²) >= 11 is 5.98. The molecule has 11 heteroatoms. The van der Waals surface area contributed by atoms with Crippen LogP contribution in [0.1, 0.15) is 38.7 Å². The average Bonchev–Trinajstić information content (AvgIpc) is 2.80. The maximum absolute atomic E-state index is 13.1. The van der Waals surface area contributed by atoms with E-state index in [1.807, 2.05) is 0 Å². The second kappa shape index (κ2) is 10.5. The number of halogens is 1. The first-order valence-electron chi connectivity index (χ1n) is 10.8. The Morgan fingerprint density at radius 3 is 2.45 bits per heavy atom. The molecule has 178 valence electrons. The molecule has 1 heterocycles. The van der Waals surface area contributed by atoms with Crippen LogP contribution in [0.15, 0.2) is 40.2 Å². The van der Waals surface area contributed by atoms with Crippen molar-refractivity contribution < 1.29 is 18.4 Å². The summed E-state index contributed by atoms with van der Waals surface area (Å²) in [5.74, 6) is -0.556. The molecule has 1 N–H and O–H groups in total. The number of phenolic OH excluding ortho intramolecular Hbond substituents is 1. The molecule has 1 fully saturated rings. The fourth-order valence-electron chi connectivity index (χ4n) is 3.86. The number of aliphatic imine (C=N–C) groups is 1. The van der Waals surface area contributed by atoms with Crippen molar-refractivity contribution in [2.45, 2.75) is 38.0 Å². The number of nitro groups is 1. The van der Waals surface area contributed by atoms with Gasteiger partial charge < -0.3 is 10.0 Å². The van der Waals surface area contributed by atoms with Crippen LogP contribution in [0, 0.1) is 10.1 Å². The Labute approximate surface area is 198 Å². The van der Waals surface area contributed by atoms with Crippen LogP contribution in [-0.4, -0.2) is 55.1 Å². The summed E-state index contributed by atoms with van der Waals surface area (Å²) in [4.78, 5) is 17.2. The summed E-state index contributed by atoms with van der Waals surface area (Å²) in [6.07, 6.45) is 4.43. The van der Waals surface area contributed by atoms with Crippen LogP contribution < -0.4 is 4.90 Å². The number of aromatic hydroxyl groups is 1. The van der Waals surface area contributed by atoms with Gasteiger partial charge in [0, 0.05) is 49.0 Å². The van der Waals surface area contributed by atoms with Gasteiger partial charge in [-0.2, -0.15) is 4.31 Å². The van der Waals surface area contributed by atoms with Crippen molar-refractivity contribution in [2.24, 2.45) is 4.99 Å². The van der Waals surface area contributed by atoms with Gasteiger partial charge in [0.1, 0.15) is 0 Å². The van der Waals surface area contributed by atoms with E-state index < -0.39 is 26.4 Å². The molecule has 0 aromatic heterocycles. The van der Waals surface area contributed by atoms with Gasteiger partial charge in [-0.05, 0) is 43.5 Å². The van der Waals surface area contributed by atoms with Crippen molar-refractivity contribution >= 4 is 44.9 Å². The van der Waals surface area contributed by atoms with E-state index in [1.54, 1.807) is 26.0 Å². The van der Waals surface area contributed by atoms with E-state index in [0.717, 1.165) is 44.1 Å². The summed E-state index contributed by atoms with van der Waals surface area (Å²) in [5.41, 5.74) is 0.696. The third-order valence-corrected chi connectivity index (χ3v) is 7.87. The second-order valence-corrected chi connectivity index (χ2v) is 10.0. The molecule has 0 atom stereocenters. The van der Waals surface area contributed by atoms with Crippen molar-refractivity contribution in [3.05, 3.63) is 51.0 Å². The summed E-state index contributed by atoms with van der Waals surface area (Å²) in [6, 6.07) is 7.26. The van der Waals surface area contributed by atoms with Crippen LogP contribution in [0.2, 0.25) is 5.02 Å². The third-order valence-electron chi connectivity index (χ3n) is 5.61. The number of anilines is 1. The van der Waals surface area contributed by atoms with Crippen molar-refractivity contribution in [1.82, 2.24) is 4.31 Å². The van der Waals surface area contributed by atoms with Crippen LogP contribution in [0.4, 0.5) is 17.1 Å². The second-order valence-electron chi connectivity index (χ2n) is 7.67. The molecule has 1 aliphatic rings. The normalized spacial score (nSPS) is 14.8. The van der Waals surface area contributed by atoms with Gasteiger partial charge in [0.25, 0.3) is 0 Å². The summed E-state index contributed by atoms with van der Waals surface area (Å²) in [7, 11) is -3.71. The highest BCUT2D eigenvalue weighted by molar-refractivity contribution is 7.89. The Bertz CT molecular complexity index is 1160. The number of benzene rings is 2. The zero-order chi connectivity index (χ0) is 24.2. The van der Waals surface area contributed by atoms with E-state index in [-0.39, 0.29) is 15.5 Å². The first kappa shape index (κ1) is 24.9. The van der Waals surface area contributed by atoms with E-state index in [2.05, 4.69) is 9.89 Å². The van der Waals surface area contributed by atoms with Gasteiger partial charge in [-0.1, -0.05) is 25.4 Å². The minimum absolute atomic E-state index is 0.0656.